The van der Waals surface area contributed by atoms with E-state index in [1.54, 1.807) is 6.07 Å². The number of imide groups is 2. The van der Waals surface area contributed by atoms with Gasteiger partial charge in [-0.1, -0.05) is 30.3 Å². The molecule has 1 N–H and O–H groups in total. The van der Waals surface area contributed by atoms with Crippen LogP contribution in [0.15, 0.2) is 84.6 Å². The Kier molecular flexibility index (Phi) is 5.93. The second-order valence-corrected chi connectivity index (χ2v) is 13.1. The molecule has 1 aliphatic heterocycles. The van der Waals surface area contributed by atoms with E-state index in [4.69, 9.17) is 0 Å². The van der Waals surface area contributed by atoms with Gasteiger partial charge in [0.2, 0.25) is 0 Å². The summed E-state index contributed by atoms with van der Waals surface area (Å²) in [6.45, 7) is 0.515. The number of anilines is 1. The van der Waals surface area contributed by atoms with Crippen molar-refractivity contribution < 1.29 is 18.8 Å². The van der Waals surface area contributed by atoms with Crippen LogP contribution < -0.4 is 10.2 Å². The third kappa shape index (κ3) is 4.49. The Morgan fingerprint density at radius 1 is 0.860 bits per heavy atom. The maximum absolute atomic E-state index is 13.7. The molecule has 0 radical (unpaired) electrons. The first-order chi connectivity index (χ1) is 20.8. The summed E-state index contributed by atoms with van der Waals surface area (Å²) in [6, 6.07) is 21.2. The van der Waals surface area contributed by atoms with Gasteiger partial charge in [-0.3, -0.25) is 14.9 Å². The van der Waals surface area contributed by atoms with Gasteiger partial charge < -0.3 is 4.57 Å². The Hall–Kier alpha value is -4.52. The fourth-order valence-electron chi connectivity index (χ4n) is 8.77. The minimum atomic E-state index is -0.736. The Bertz CT molecular complexity index is 1800. The highest BCUT2D eigenvalue weighted by atomic mass is 19.1. The smallest absolute Gasteiger partial charge is 0.335 e. The molecule has 9 rings (SSSR count). The highest BCUT2D eigenvalue weighted by Crippen LogP contribution is 2.60. The number of nitrogens with one attached hydrogen (secondary N) is 1. The Labute approximate surface area is 249 Å². The van der Waals surface area contributed by atoms with E-state index >= 15 is 0 Å². The average Bonchev–Trinajstić information content (AvgIpc) is 3.36. The number of hydrogen-bond acceptors (Lipinski definition) is 3. The van der Waals surface area contributed by atoms with Crippen molar-refractivity contribution in [2.75, 3.05) is 4.90 Å². The van der Waals surface area contributed by atoms with Crippen molar-refractivity contribution in [3.8, 4) is 0 Å². The van der Waals surface area contributed by atoms with E-state index in [0.29, 0.717) is 17.8 Å². The molecule has 4 bridgehead atoms. The van der Waals surface area contributed by atoms with Gasteiger partial charge in [-0.15, -0.1) is 0 Å². The van der Waals surface area contributed by atoms with Gasteiger partial charge in [-0.2, -0.15) is 0 Å². The number of rotatable bonds is 5. The SMILES string of the molecule is O=C1NC(=O)N(c2ccc(C34CC5CC(CC(C5)C3)C4)cc2)C(=O)/C1=C\c1ccc2c(ccn2Cc2cccc(F)c2)c1. The van der Waals surface area contributed by atoms with Crippen molar-refractivity contribution in [3.05, 3.63) is 107 Å². The zero-order chi connectivity index (χ0) is 29.3. The first-order valence-electron chi connectivity index (χ1n) is 15.2. The molecular formula is C36H32FN3O3. The van der Waals surface area contributed by atoms with Crippen molar-refractivity contribution >= 4 is 40.5 Å². The fraction of sp³-hybridized carbons (Fsp3) is 0.306. The quantitative estimate of drug-likeness (QED) is 0.207. The van der Waals surface area contributed by atoms with Gasteiger partial charge in [0.05, 0.1) is 5.69 Å². The molecule has 0 unspecified atom stereocenters. The molecule has 6 nitrogen and oxygen atoms in total. The van der Waals surface area contributed by atoms with E-state index in [9.17, 15) is 18.8 Å². The lowest BCUT2D eigenvalue weighted by molar-refractivity contribution is -0.122. The lowest BCUT2D eigenvalue weighted by Gasteiger charge is -2.57. The van der Waals surface area contributed by atoms with Crippen LogP contribution in [0.4, 0.5) is 14.9 Å². The van der Waals surface area contributed by atoms with Crippen LogP contribution in [-0.4, -0.2) is 22.4 Å². The summed E-state index contributed by atoms with van der Waals surface area (Å²) in [5.41, 5.74) is 4.36. The molecule has 4 aliphatic carbocycles. The first-order valence-corrected chi connectivity index (χ1v) is 15.2. The predicted molar refractivity (Wildman–Crippen MR) is 163 cm³/mol. The summed E-state index contributed by atoms with van der Waals surface area (Å²) in [7, 11) is 0. The van der Waals surface area contributed by atoms with Gasteiger partial charge in [0.15, 0.2) is 0 Å². The number of aromatic nitrogens is 1. The van der Waals surface area contributed by atoms with Crippen LogP contribution in [0.1, 0.15) is 55.2 Å². The second kappa shape index (κ2) is 9.76. The molecule has 5 fully saturated rings. The topological polar surface area (TPSA) is 71.4 Å². The highest BCUT2D eigenvalue weighted by molar-refractivity contribution is 6.39. The van der Waals surface area contributed by atoms with Crippen LogP contribution in [0.3, 0.4) is 0 Å². The van der Waals surface area contributed by atoms with Crippen LogP contribution in [0.2, 0.25) is 0 Å². The fourth-order valence-corrected chi connectivity index (χ4v) is 8.77. The predicted octanol–water partition coefficient (Wildman–Crippen LogP) is 6.96. The first kappa shape index (κ1) is 26.1. The number of hydrogen-bond donors (Lipinski definition) is 1. The summed E-state index contributed by atoms with van der Waals surface area (Å²) in [6.07, 6.45) is 11.3. The molecular weight excluding hydrogens is 541 g/mol. The lowest BCUT2D eigenvalue weighted by Crippen LogP contribution is -2.54. The van der Waals surface area contributed by atoms with Crippen molar-refractivity contribution in [1.82, 2.24) is 9.88 Å². The van der Waals surface area contributed by atoms with Crippen molar-refractivity contribution in [2.45, 2.75) is 50.5 Å². The summed E-state index contributed by atoms with van der Waals surface area (Å²) in [5.74, 6) is 0.852. The van der Waals surface area contributed by atoms with Gasteiger partial charge in [0, 0.05) is 23.6 Å². The van der Waals surface area contributed by atoms with E-state index in [0.717, 1.165) is 39.1 Å². The number of fused-ring (bicyclic) bond motifs is 1. The highest BCUT2D eigenvalue weighted by Gasteiger charge is 2.51. The summed E-state index contributed by atoms with van der Waals surface area (Å²) < 4.78 is 15.7. The molecule has 7 heteroatoms. The molecule has 1 aromatic heterocycles. The molecule has 0 atom stereocenters. The van der Waals surface area contributed by atoms with E-state index in [1.165, 1.54) is 62.3 Å². The van der Waals surface area contributed by atoms with Gasteiger partial charge in [0.25, 0.3) is 11.8 Å². The molecule has 3 aromatic carbocycles. The number of amides is 4. The van der Waals surface area contributed by atoms with Crippen LogP contribution in [-0.2, 0) is 21.5 Å². The maximum atomic E-state index is 13.7. The van der Waals surface area contributed by atoms with Crippen LogP contribution >= 0.6 is 0 Å². The Balaban J connectivity index is 1.05. The number of carbonyl (C=O) groups excluding carboxylic acids is 3. The zero-order valence-electron chi connectivity index (χ0n) is 23.8. The number of nitrogens with zero attached hydrogens (tertiary/aromatic N) is 2. The van der Waals surface area contributed by atoms with E-state index in [-0.39, 0.29) is 16.8 Å². The number of benzene rings is 3. The zero-order valence-corrected chi connectivity index (χ0v) is 23.8. The molecule has 4 aromatic rings. The van der Waals surface area contributed by atoms with Crippen LogP contribution in [0, 0.1) is 23.6 Å². The molecule has 1 saturated heterocycles. The molecule has 43 heavy (non-hydrogen) atoms. The minimum Gasteiger partial charge on any atom is -0.343 e. The van der Waals surface area contributed by atoms with Gasteiger partial charge in [-0.05, 0) is 127 Å². The molecule has 5 aliphatic rings. The summed E-state index contributed by atoms with van der Waals surface area (Å²) in [4.78, 5) is 40.4. The van der Waals surface area contributed by atoms with E-state index < -0.39 is 17.8 Å². The van der Waals surface area contributed by atoms with E-state index in [1.807, 2.05) is 53.2 Å². The lowest BCUT2D eigenvalue weighted by atomic mass is 9.48. The van der Waals surface area contributed by atoms with Crippen LogP contribution in [0.5, 0.6) is 0 Å². The standard InChI is InChI=1S/C36H32FN3O3/c37-29-3-1-2-23(16-29)21-39-11-10-27-15-22(4-9-32(27)39)17-31-33(41)38-35(43)40(34(31)42)30-7-5-28(6-8-30)36-18-24-12-25(19-36)14-26(13-24)20-36/h1-11,15-17,24-26H,12-14,18-21H2,(H,38,41,43)/b31-17-. The number of urea groups is 1. The summed E-state index contributed by atoms with van der Waals surface area (Å²) in [5, 5.41) is 3.27. The van der Waals surface area contributed by atoms with Gasteiger partial charge in [0.1, 0.15) is 11.4 Å². The third-order valence-electron chi connectivity index (χ3n) is 10.2. The molecule has 0 spiro atoms. The second-order valence-electron chi connectivity index (χ2n) is 13.1. The minimum absolute atomic E-state index is 0.0942. The van der Waals surface area contributed by atoms with E-state index in [2.05, 4.69) is 17.4 Å². The average molecular weight is 574 g/mol. The van der Waals surface area contributed by atoms with Crippen molar-refractivity contribution in [2.24, 2.45) is 17.8 Å². The van der Waals surface area contributed by atoms with Crippen molar-refractivity contribution in [1.29, 1.82) is 0 Å². The number of halogens is 1. The van der Waals surface area contributed by atoms with Crippen LogP contribution in [0.25, 0.3) is 17.0 Å². The number of barbiturate groups is 1. The molecule has 4 saturated carbocycles. The Morgan fingerprint density at radius 2 is 1.58 bits per heavy atom. The van der Waals surface area contributed by atoms with Crippen molar-refractivity contribution in [3.63, 3.8) is 0 Å². The maximum Gasteiger partial charge on any atom is 0.335 e. The number of carbonyl (C=O) groups is 3. The summed E-state index contributed by atoms with van der Waals surface area (Å²) >= 11 is 0. The normalized spacial score (nSPS) is 27.4. The Morgan fingerprint density at radius 3 is 2.28 bits per heavy atom. The molecule has 2 heterocycles. The monoisotopic (exact) mass is 573 g/mol. The van der Waals surface area contributed by atoms with Gasteiger partial charge >= 0.3 is 6.03 Å². The third-order valence-corrected chi connectivity index (χ3v) is 10.2. The largest absolute Gasteiger partial charge is 0.343 e. The molecule has 4 amide bonds. The molecule has 216 valence electrons. The van der Waals surface area contributed by atoms with Gasteiger partial charge in [-0.25, -0.2) is 14.1 Å².